The number of amides is 1. The van der Waals surface area contributed by atoms with Gasteiger partial charge in [0.15, 0.2) is 0 Å². The zero-order chi connectivity index (χ0) is 20.4. The number of para-hydroxylation sites is 1. The molecule has 0 aliphatic heterocycles. The molecule has 2 aromatic rings. The quantitative estimate of drug-likeness (QED) is 0.814. The summed E-state index contributed by atoms with van der Waals surface area (Å²) in [6.45, 7) is 9.37. The Balaban J connectivity index is 2.42. The maximum Gasteiger partial charge on any atom is 0.248 e. The smallest absolute Gasteiger partial charge is 0.248 e. The zero-order valence-electron chi connectivity index (χ0n) is 16.8. The number of hydrogen-bond donors (Lipinski definition) is 1. The van der Waals surface area contributed by atoms with Gasteiger partial charge in [0.05, 0.1) is 11.9 Å². The van der Waals surface area contributed by atoms with Gasteiger partial charge in [0.1, 0.15) is 6.04 Å². The summed E-state index contributed by atoms with van der Waals surface area (Å²) in [5, 5.41) is 2.94. The molecule has 0 aromatic heterocycles. The number of nitrogens with one attached hydrogen (secondary N) is 1. The van der Waals surface area contributed by atoms with Gasteiger partial charge in [0.25, 0.3) is 0 Å². The van der Waals surface area contributed by atoms with Crippen LogP contribution in [0, 0.1) is 20.8 Å². The van der Waals surface area contributed by atoms with E-state index < -0.39 is 16.1 Å². The summed E-state index contributed by atoms with van der Waals surface area (Å²) < 4.78 is 26.2. The van der Waals surface area contributed by atoms with Crippen LogP contribution in [-0.2, 0) is 21.2 Å². The molecule has 0 aliphatic rings. The highest BCUT2D eigenvalue weighted by molar-refractivity contribution is 7.92. The molecule has 0 radical (unpaired) electrons. The average molecular weight is 389 g/mol. The molecule has 1 N–H and O–H groups in total. The van der Waals surface area contributed by atoms with Gasteiger partial charge in [-0.05, 0) is 68.5 Å². The van der Waals surface area contributed by atoms with Gasteiger partial charge in [-0.2, -0.15) is 0 Å². The largest absolute Gasteiger partial charge is 0.324 e. The molecule has 2 rings (SSSR count). The van der Waals surface area contributed by atoms with Gasteiger partial charge in [-0.25, -0.2) is 8.42 Å². The molecule has 2 aromatic carbocycles. The van der Waals surface area contributed by atoms with Crippen molar-refractivity contribution < 1.29 is 13.2 Å². The van der Waals surface area contributed by atoms with Gasteiger partial charge < -0.3 is 5.32 Å². The molecule has 146 valence electrons. The van der Waals surface area contributed by atoms with Crippen LogP contribution in [0.5, 0.6) is 0 Å². The Morgan fingerprint density at radius 3 is 2.22 bits per heavy atom. The Hall–Kier alpha value is -2.34. The van der Waals surface area contributed by atoms with Gasteiger partial charge >= 0.3 is 0 Å². The molecule has 0 heterocycles. The molecule has 0 spiro atoms. The summed E-state index contributed by atoms with van der Waals surface area (Å²) in [4.78, 5) is 12.9. The third-order valence-corrected chi connectivity index (χ3v) is 5.78. The first-order valence-corrected chi connectivity index (χ1v) is 10.9. The van der Waals surface area contributed by atoms with Crippen molar-refractivity contribution in [3.8, 4) is 0 Å². The number of anilines is 2. The minimum atomic E-state index is -3.64. The summed E-state index contributed by atoms with van der Waals surface area (Å²) >= 11 is 0. The van der Waals surface area contributed by atoms with Crippen molar-refractivity contribution in [1.29, 1.82) is 0 Å². The molecule has 6 heteroatoms. The van der Waals surface area contributed by atoms with Gasteiger partial charge in [-0.3, -0.25) is 9.10 Å². The monoisotopic (exact) mass is 388 g/mol. The van der Waals surface area contributed by atoms with Crippen LogP contribution in [0.3, 0.4) is 0 Å². The van der Waals surface area contributed by atoms with Gasteiger partial charge in [0.2, 0.25) is 15.9 Å². The molecule has 0 saturated carbocycles. The number of carbonyl (C=O) groups excluding carboxylic acids is 1. The SMILES string of the molecule is CCc1cccc(C)c1NC(=O)[C@@H](C)N(c1cc(C)cc(C)c1)S(C)(=O)=O. The number of hydrogen-bond acceptors (Lipinski definition) is 3. The van der Waals surface area contributed by atoms with Crippen molar-refractivity contribution >= 4 is 27.3 Å². The Morgan fingerprint density at radius 1 is 1.11 bits per heavy atom. The molecule has 0 bridgehead atoms. The Morgan fingerprint density at radius 2 is 1.70 bits per heavy atom. The summed E-state index contributed by atoms with van der Waals surface area (Å²) in [5.74, 6) is -0.358. The minimum Gasteiger partial charge on any atom is -0.324 e. The first-order chi connectivity index (χ1) is 12.5. The number of rotatable bonds is 6. The lowest BCUT2D eigenvalue weighted by molar-refractivity contribution is -0.116. The van der Waals surface area contributed by atoms with E-state index in [9.17, 15) is 13.2 Å². The van der Waals surface area contributed by atoms with E-state index in [0.717, 1.165) is 40.6 Å². The first-order valence-electron chi connectivity index (χ1n) is 9.01. The van der Waals surface area contributed by atoms with E-state index in [1.165, 1.54) is 4.31 Å². The van der Waals surface area contributed by atoms with Crippen molar-refractivity contribution in [2.75, 3.05) is 15.9 Å². The van der Waals surface area contributed by atoms with Crippen LogP contribution in [0.25, 0.3) is 0 Å². The highest BCUT2D eigenvalue weighted by Crippen LogP contribution is 2.26. The van der Waals surface area contributed by atoms with E-state index in [-0.39, 0.29) is 5.91 Å². The van der Waals surface area contributed by atoms with Gasteiger partial charge in [0, 0.05) is 5.69 Å². The molecule has 0 fully saturated rings. The molecule has 0 saturated heterocycles. The topological polar surface area (TPSA) is 66.5 Å². The van der Waals surface area contributed by atoms with Crippen LogP contribution in [0.4, 0.5) is 11.4 Å². The van der Waals surface area contributed by atoms with E-state index >= 15 is 0 Å². The van der Waals surface area contributed by atoms with Gasteiger partial charge in [-0.15, -0.1) is 0 Å². The highest BCUT2D eigenvalue weighted by atomic mass is 32.2. The molecule has 5 nitrogen and oxygen atoms in total. The van der Waals surface area contributed by atoms with Crippen molar-refractivity contribution in [1.82, 2.24) is 0 Å². The summed E-state index contributed by atoms with van der Waals surface area (Å²) in [6.07, 6.45) is 1.90. The fourth-order valence-electron chi connectivity index (χ4n) is 3.32. The first kappa shape index (κ1) is 21.0. The van der Waals surface area contributed by atoms with Crippen molar-refractivity contribution in [2.45, 2.75) is 47.1 Å². The van der Waals surface area contributed by atoms with E-state index in [0.29, 0.717) is 5.69 Å². The predicted octanol–water partition coefficient (Wildman–Crippen LogP) is 3.97. The summed E-state index contributed by atoms with van der Waals surface area (Å²) in [6, 6.07) is 10.5. The fraction of sp³-hybridized carbons (Fsp3) is 0.381. The van der Waals surface area contributed by atoms with E-state index in [2.05, 4.69) is 5.32 Å². The molecular weight excluding hydrogens is 360 g/mol. The number of nitrogens with zero attached hydrogens (tertiary/aromatic N) is 1. The lowest BCUT2D eigenvalue weighted by Crippen LogP contribution is -2.45. The van der Waals surface area contributed by atoms with Crippen LogP contribution in [0.15, 0.2) is 36.4 Å². The zero-order valence-corrected chi connectivity index (χ0v) is 17.6. The van der Waals surface area contributed by atoms with E-state index in [1.807, 2.05) is 52.0 Å². The third-order valence-electron chi connectivity index (χ3n) is 4.54. The number of aryl methyl sites for hydroxylation is 4. The third kappa shape index (κ3) is 4.89. The van der Waals surface area contributed by atoms with Crippen molar-refractivity contribution in [3.05, 3.63) is 58.7 Å². The Kier molecular flexibility index (Phi) is 6.31. The molecule has 0 unspecified atom stereocenters. The normalized spacial score (nSPS) is 12.5. The second-order valence-corrected chi connectivity index (χ2v) is 8.89. The maximum absolute atomic E-state index is 12.9. The average Bonchev–Trinajstić information content (AvgIpc) is 2.54. The van der Waals surface area contributed by atoms with E-state index in [4.69, 9.17) is 0 Å². The predicted molar refractivity (Wildman–Crippen MR) is 112 cm³/mol. The maximum atomic E-state index is 12.9. The van der Waals surface area contributed by atoms with Crippen LogP contribution in [-0.4, -0.2) is 26.6 Å². The Labute approximate surface area is 162 Å². The number of carbonyl (C=O) groups is 1. The van der Waals surface area contributed by atoms with Crippen molar-refractivity contribution in [3.63, 3.8) is 0 Å². The molecule has 27 heavy (non-hydrogen) atoms. The Bertz CT molecular complexity index is 932. The van der Waals surface area contributed by atoms with Gasteiger partial charge in [-0.1, -0.05) is 31.2 Å². The number of benzene rings is 2. The van der Waals surface area contributed by atoms with E-state index in [1.54, 1.807) is 19.1 Å². The number of sulfonamides is 1. The van der Waals surface area contributed by atoms with Crippen LogP contribution in [0.2, 0.25) is 0 Å². The second kappa shape index (κ2) is 8.13. The summed E-state index contributed by atoms with van der Waals surface area (Å²) in [7, 11) is -3.64. The molecule has 1 amide bonds. The van der Waals surface area contributed by atoms with Crippen LogP contribution in [0.1, 0.15) is 36.1 Å². The lowest BCUT2D eigenvalue weighted by Gasteiger charge is -2.29. The summed E-state index contributed by atoms with van der Waals surface area (Å²) in [5.41, 5.74) is 5.11. The standard InChI is InChI=1S/C21H28N2O3S/c1-7-18-10-8-9-16(4)20(18)22-21(24)17(5)23(27(6,25)26)19-12-14(2)11-15(3)13-19/h8-13,17H,7H2,1-6H3,(H,22,24)/t17-/m1/s1. The molecular formula is C21H28N2O3S. The molecule has 0 aliphatic carbocycles. The second-order valence-electron chi connectivity index (χ2n) is 7.03. The molecule has 1 atom stereocenters. The van der Waals surface area contributed by atoms with Crippen molar-refractivity contribution in [2.24, 2.45) is 0 Å². The fourth-order valence-corrected chi connectivity index (χ4v) is 4.47. The van der Waals surface area contributed by atoms with Crippen LogP contribution < -0.4 is 9.62 Å². The highest BCUT2D eigenvalue weighted by Gasteiger charge is 2.30. The van der Waals surface area contributed by atoms with Crippen LogP contribution >= 0.6 is 0 Å². The lowest BCUT2D eigenvalue weighted by atomic mass is 10.1. The minimum absolute atomic E-state index is 0.358.